The van der Waals surface area contributed by atoms with Crippen molar-refractivity contribution in [2.24, 2.45) is 0 Å². The number of anilines is 1. The summed E-state index contributed by atoms with van der Waals surface area (Å²) in [7, 11) is 0. The zero-order chi connectivity index (χ0) is 11.1. The van der Waals surface area contributed by atoms with Crippen LogP contribution in [0.5, 0.6) is 0 Å². The van der Waals surface area contributed by atoms with E-state index in [1.807, 2.05) is 18.3 Å². The number of pyridine rings is 1. The number of allylic oxidation sites excluding steroid dienone is 3. The van der Waals surface area contributed by atoms with Gasteiger partial charge in [-0.1, -0.05) is 32.2 Å². The lowest BCUT2D eigenvalue weighted by molar-refractivity contribution is 1.10. The molecule has 1 aromatic rings. The summed E-state index contributed by atoms with van der Waals surface area (Å²) in [6, 6.07) is 4.02. The predicted octanol–water partition coefficient (Wildman–Crippen LogP) is 3.31. The van der Waals surface area contributed by atoms with Crippen LogP contribution in [-0.2, 0) is 6.42 Å². The molecule has 2 heteroatoms. The van der Waals surface area contributed by atoms with Crippen LogP contribution in [0.3, 0.4) is 0 Å². The van der Waals surface area contributed by atoms with Gasteiger partial charge in [0.2, 0.25) is 0 Å². The Morgan fingerprint density at radius 2 is 2.27 bits per heavy atom. The monoisotopic (exact) mass is 200 g/mol. The fraction of sp³-hybridized carbons (Fsp3) is 0.154. The van der Waals surface area contributed by atoms with Gasteiger partial charge < -0.3 is 5.32 Å². The topological polar surface area (TPSA) is 24.9 Å². The molecular weight excluding hydrogens is 184 g/mol. The number of aryl methyl sites for hydroxylation is 1. The molecule has 0 aliphatic carbocycles. The minimum Gasteiger partial charge on any atom is -0.340 e. The summed E-state index contributed by atoms with van der Waals surface area (Å²) in [5.74, 6) is 0.820. The molecule has 0 aliphatic heterocycles. The highest BCUT2D eigenvalue weighted by molar-refractivity contribution is 5.45. The van der Waals surface area contributed by atoms with E-state index in [1.54, 1.807) is 12.2 Å². The Kier molecular flexibility index (Phi) is 4.35. The summed E-state index contributed by atoms with van der Waals surface area (Å²) in [5.41, 5.74) is 2.12. The molecular formula is C13H16N2. The zero-order valence-corrected chi connectivity index (χ0v) is 9.03. The van der Waals surface area contributed by atoms with Crippen LogP contribution < -0.4 is 5.32 Å². The third-order valence-electron chi connectivity index (χ3n) is 2.02. The van der Waals surface area contributed by atoms with Gasteiger partial charge in [-0.15, -0.1) is 0 Å². The van der Waals surface area contributed by atoms with E-state index < -0.39 is 0 Å². The maximum Gasteiger partial charge on any atom is 0.130 e. The summed E-state index contributed by atoms with van der Waals surface area (Å²) in [6.07, 6.45) is 8.17. The highest BCUT2D eigenvalue weighted by Crippen LogP contribution is 2.08. The van der Waals surface area contributed by atoms with Gasteiger partial charge in [-0.25, -0.2) is 4.98 Å². The molecule has 0 unspecified atom stereocenters. The van der Waals surface area contributed by atoms with Gasteiger partial charge in [0.25, 0.3) is 0 Å². The smallest absolute Gasteiger partial charge is 0.130 e. The van der Waals surface area contributed by atoms with E-state index in [0.29, 0.717) is 0 Å². The fourth-order valence-corrected chi connectivity index (χ4v) is 1.14. The van der Waals surface area contributed by atoms with Crippen molar-refractivity contribution in [2.45, 2.75) is 13.3 Å². The van der Waals surface area contributed by atoms with Crippen LogP contribution in [0.4, 0.5) is 5.82 Å². The van der Waals surface area contributed by atoms with E-state index >= 15 is 0 Å². The molecule has 0 spiro atoms. The molecule has 0 fully saturated rings. The second-order valence-electron chi connectivity index (χ2n) is 3.09. The second kappa shape index (κ2) is 5.81. The van der Waals surface area contributed by atoms with Crippen LogP contribution in [0.1, 0.15) is 12.5 Å². The van der Waals surface area contributed by atoms with E-state index in [9.17, 15) is 0 Å². The number of hydrogen-bond donors (Lipinski definition) is 1. The Morgan fingerprint density at radius 1 is 1.47 bits per heavy atom. The van der Waals surface area contributed by atoms with Crippen molar-refractivity contribution in [3.63, 3.8) is 0 Å². The van der Waals surface area contributed by atoms with Gasteiger partial charge in [-0.05, 0) is 30.2 Å². The Hall–Kier alpha value is -1.83. The SMILES string of the molecule is C=C/C=C(\C=C)Nc1ccc(CC)cn1. The van der Waals surface area contributed by atoms with Gasteiger partial charge in [0.15, 0.2) is 0 Å². The van der Waals surface area contributed by atoms with Gasteiger partial charge >= 0.3 is 0 Å². The molecule has 0 aromatic carbocycles. The molecule has 78 valence electrons. The van der Waals surface area contributed by atoms with E-state index in [-0.39, 0.29) is 0 Å². The van der Waals surface area contributed by atoms with E-state index in [0.717, 1.165) is 17.9 Å². The van der Waals surface area contributed by atoms with Crippen molar-refractivity contribution < 1.29 is 0 Å². The molecule has 1 heterocycles. The Balaban J connectivity index is 2.75. The highest BCUT2D eigenvalue weighted by atomic mass is 15.0. The van der Waals surface area contributed by atoms with Crippen LogP contribution in [0.25, 0.3) is 0 Å². The van der Waals surface area contributed by atoms with Gasteiger partial charge in [0, 0.05) is 11.9 Å². The number of nitrogens with one attached hydrogen (secondary N) is 1. The van der Waals surface area contributed by atoms with E-state index in [4.69, 9.17) is 0 Å². The number of aromatic nitrogens is 1. The summed E-state index contributed by atoms with van der Waals surface area (Å²) in [4.78, 5) is 4.29. The van der Waals surface area contributed by atoms with Crippen molar-refractivity contribution in [1.82, 2.24) is 4.98 Å². The van der Waals surface area contributed by atoms with Crippen LogP contribution in [0.2, 0.25) is 0 Å². The van der Waals surface area contributed by atoms with Gasteiger partial charge in [-0.3, -0.25) is 0 Å². The van der Waals surface area contributed by atoms with E-state index in [2.05, 4.69) is 36.4 Å². The van der Waals surface area contributed by atoms with Gasteiger partial charge in [0.05, 0.1) is 0 Å². The quantitative estimate of drug-likeness (QED) is 0.737. The molecule has 0 atom stereocenters. The summed E-state index contributed by atoms with van der Waals surface area (Å²) < 4.78 is 0. The minimum absolute atomic E-state index is 0.820. The fourth-order valence-electron chi connectivity index (χ4n) is 1.14. The lowest BCUT2D eigenvalue weighted by Crippen LogP contribution is -1.98. The van der Waals surface area contributed by atoms with Crippen molar-refractivity contribution >= 4 is 5.82 Å². The molecule has 0 bridgehead atoms. The lowest BCUT2D eigenvalue weighted by atomic mass is 10.2. The number of nitrogens with zero attached hydrogens (tertiary/aromatic N) is 1. The first-order valence-corrected chi connectivity index (χ1v) is 4.97. The standard InChI is InChI=1S/C13H16N2/c1-4-7-12(6-3)15-13-9-8-11(5-2)10-14-13/h4,6-10H,1,3,5H2,2H3,(H,14,15)/b12-7+. The molecule has 1 N–H and O–H groups in total. The van der Waals surface area contributed by atoms with Crippen molar-refractivity contribution in [3.05, 3.63) is 61.0 Å². The molecule has 0 saturated heterocycles. The summed E-state index contributed by atoms with van der Waals surface area (Å²) >= 11 is 0. The number of rotatable bonds is 5. The van der Waals surface area contributed by atoms with Gasteiger partial charge in [-0.2, -0.15) is 0 Å². The third-order valence-corrected chi connectivity index (χ3v) is 2.02. The maximum absolute atomic E-state index is 4.29. The molecule has 0 radical (unpaired) electrons. The van der Waals surface area contributed by atoms with E-state index in [1.165, 1.54) is 5.56 Å². The first-order valence-electron chi connectivity index (χ1n) is 4.97. The summed E-state index contributed by atoms with van der Waals surface area (Å²) in [5, 5.41) is 3.14. The van der Waals surface area contributed by atoms with Crippen molar-refractivity contribution in [1.29, 1.82) is 0 Å². The van der Waals surface area contributed by atoms with Crippen LogP contribution in [0.15, 0.2) is 55.4 Å². The van der Waals surface area contributed by atoms with Crippen LogP contribution in [-0.4, -0.2) is 4.98 Å². The lowest BCUT2D eigenvalue weighted by Gasteiger charge is -2.05. The third kappa shape index (κ3) is 3.43. The van der Waals surface area contributed by atoms with Crippen LogP contribution in [0, 0.1) is 0 Å². The second-order valence-corrected chi connectivity index (χ2v) is 3.09. The van der Waals surface area contributed by atoms with Crippen molar-refractivity contribution in [2.75, 3.05) is 5.32 Å². The first kappa shape index (κ1) is 11.2. The number of hydrogen-bond acceptors (Lipinski definition) is 2. The zero-order valence-electron chi connectivity index (χ0n) is 9.03. The average Bonchev–Trinajstić information content (AvgIpc) is 2.29. The maximum atomic E-state index is 4.29. The summed E-state index contributed by atoms with van der Waals surface area (Å²) in [6.45, 7) is 9.44. The minimum atomic E-state index is 0.820. The Labute approximate surface area is 91.1 Å². The molecule has 15 heavy (non-hydrogen) atoms. The Bertz CT molecular complexity index is 361. The first-order chi connectivity index (χ1) is 7.30. The largest absolute Gasteiger partial charge is 0.340 e. The molecule has 1 rings (SSSR count). The molecule has 0 amide bonds. The van der Waals surface area contributed by atoms with Crippen molar-refractivity contribution in [3.8, 4) is 0 Å². The highest BCUT2D eigenvalue weighted by Gasteiger charge is 1.95. The normalized spacial score (nSPS) is 10.9. The molecule has 1 aromatic heterocycles. The van der Waals surface area contributed by atoms with Gasteiger partial charge in [0.1, 0.15) is 5.82 Å². The molecule has 0 saturated carbocycles. The Morgan fingerprint density at radius 3 is 2.73 bits per heavy atom. The molecule has 0 aliphatic rings. The van der Waals surface area contributed by atoms with Crippen LogP contribution >= 0.6 is 0 Å². The average molecular weight is 200 g/mol. The molecule has 2 nitrogen and oxygen atoms in total. The predicted molar refractivity (Wildman–Crippen MR) is 65.7 cm³/mol.